The Labute approximate surface area is 140 Å². The zero-order chi connectivity index (χ0) is 17.5. The van der Waals surface area contributed by atoms with Crippen LogP contribution in [0, 0.1) is 5.82 Å². The molecule has 2 rings (SSSR count). The molecule has 0 spiro atoms. The maximum atomic E-state index is 13.7. The lowest BCUT2D eigenvalue weighted by atomic mass is 10.1. The minimum atomic E-state index is -0.586. The van der Waals surface area contributed by atoms with Gasteiger partial charge in [0.05, 0.1) is 5.56 Å². The molecule has 0 heterocycles. The van der Waals surface area contributed by atoms with Crippen LogP contribution in [0.4, 0.5) is 15.8 Å². The number of nitrogens with two attached hydrogens (primary N) is 1. The number of halogens is 1. The van der Waals surface area contributed by atoms with E-state index in [4.69, 9.17) is 5.73 Å². The average Bonchev–Trinajstić information content (AvgIpc) is 2.55. The van der Waals surface area contributed by atoms with Gasteiger partial charge >= 0.3 is 0 Å². The van der Waals surface area contributed by atoms with Crippen molar-refractivity contribution in [3.8, 4) is 0 Å². The van der Waals surface area contributed by atoms with Crippen LogP contribution in [0.3, 0.4) is 0 Å². The van der Waals surface area contributed by atoms with Crippen LogP contribution < -0.4 is 16.4 Å². The minimum absolute atomic E-state index is 0.0363. The third-order valence-corrected chi connectivity index (χ3v) is 3.51. The van der Waals surface area contributed by atoms with Crippen molar-refractivity contribution in [3.63, 3.8) is 0 Å². The Morgan fingerprint density at radius 3 is 2.54 bits per heavy atom. The molecule has 0 unspecified atom stereocenters. The van der Waals surface area contributed by atoms with E-state index in [-0.39, 0.29) is 24.4 Å². The predicted octanol–water partition coefficient (Wildman–Crippen LogP) is 2.93. The molecular weight excluding hydrogens is 309 g/mol. The number of aryl methyl sites for hydroxylation is 1. The van der Waals surface area contributed by atoms with E-state index in [0.29, 0.717) is 11.4 Å². The second-order valence-corrected chi connectivity index (χ2v) is 5.25. The van der Waals surface area contributed by atoms with Gasteiger partial charge in [-0.05, 0) is 36.2 Å². The minimum Gasteiger partial charge on any atom is -0.330 e. The third kappa shape index (κ3) is 4.39. The van der Waals surface area contributed by atoms with E-state index in [2.05, 4.69) is 10.6 Å². The largest absolute Gasteiger partial charge is 0.330 e. The van der Waals surface area contributed by atoms with Gasteiger partial charge in [0.1, 0.15) is 5.82 Å². The van der Waals surface area contributed by atoms with E-state index in [1.165, 1.54) is 18.2 Å². The molecule has 2 amide bonds. The van der Waals surface area contributed by atoms with Crippen molar-refractivity contribution in [1.29, 1.82) is 0 Å². The van der Waals surface area contributed by atoms with E-state index in [0.717, 1.165) is 12.0 Å². The second kappa shape index (κ2) is 8.21. The quantitative estimate of drug-likeness (QED) is 0.762. The predicted molar refractivity (Wildman–Crippen MR) is 92.5 cm³/mol. The molecule has 0 aliphatic carbocycles. The van der Waals surface area contributed by atoms with Crippen molar-refractivity contribution in [2.75, 3.05) is 17.2 Å². The summed E-state index contributed by atoms with van der Waals surface area (Å²) >= 11 is 0. The van der Waals surface area contributed by atoms with Gasteiger partial charge in [0.15, 0.2) is 0 Å². The molecule has 4 N–H and O–H groups in total. The Morgan fingerprint density at radius 1 is 1.12 bits per heavy atom. The highest BCUT2D eigenvalue weighted by molar-refractivity contribution is 6.05. The lowest BCUT2D eigenvalue weighted by molar-refractivity contribution is -0.116. The summed E-state index contributed by atoms with van der Waals surface area (Å²) in [6, 6.07) is 10.9. The number of hydrogen-bond donors (Lipinski definition) is 3. The van der Waals surface area contributed by atoms with Crippen molar-refractivity contribution < 1.29 is 14.0 Å². The second-order valence-electron chi connectivity index (χ2n) is 5.25. The van der Waals surface area contributed by atoms with Crippen molar-refractivity contribution in [2.45, 2.75) is 19.8 Å². The Hall–Kier alpha value is -2.73. The van der Waals surface area contributed by atoms with Crippen LogP contribution in [0.25, 0.3) is 0 Å². The molecule has 0 aliphatic rings. The van der Waals surface area contributed by atoms with E-state index in [9.17, 15) is 14.0 Å². The number of nitrogens with one attached hydrogen (secondary N) is 2. The summed E-state index contributed by atoms with van der Waals surface area (Å²) in [5.74, 6) is -1.32. The van der Waals surface area contributed by atoms with E-state index in [1.54, 1.807) is 18.2 Å². The van der Waals surface area contributed by atoms with Gasteiger partial charge in [0.25, 0.3) is 5.91 Å². The maximum absolute atomic E-state index is 13.7. The molecular formula is C18H20FN3O2. The van der Waals surface area contributed by atoms with Crippen LogP contribution in [0.1, 0.15) is 29.3 Å². The molecule has 0 radical (unpaired) electrons. The Bertz CT molecular complexity index is 747. The Balaban J connectivity index is 2.20. The molecule has 0 atom stereocenters. The van der Waals surface area contributed by atoms with E-state index < -0.39 is 11.7 Å². The molecule has 5 nitrogen and oxygen atoms in total. The molecule has 6 heteroatoms. The highest BCUT2D eigenvalue weighted by atomic mass is 19.1. The van der Waals surface area contributed by atoms with Crippen molar-refractivity contribution >= 4 is 23.2 Å². The topological polar surface area (TPSA) is 84.2 Å². The molecule has 126 valence electrons. The van der Waals surface area contributed by atoms with E-state index in [1.807, 2.05) is 13.0 Å². The standard InChI is InChI=1S/C18H20FN3O2/c1-2-12-7-8-13(11-16(12)22-17(23)9-10-20)21-18(24)14-5-3-4-6-15(14)19/h3-8,11H,2,9-10,20H2,1H3,(H,21,24)(H,22,23). The molecule has 24 heavy (non-hydrogen) atoms. The fraction of sp³-hybridized carbons (Fsp3) is 0.222. The van der Waals surface area contributed by atoms with Crippen LogP contribution in [0.2, 0.25) is 0 Å². The molecule has 0 aromatic heterocycles. The number of rotatable bonds is 6. The highest BCUT2D eigenvalue weighted by Crippen LogP contribution is 2.22. The van der Waals surface area contributed by atoms with Gasteiger partial charge < -0.3 is 16.4 Å². The first kappa shape index (κ1) is 17.6. The number of carbonyl (C=O) groups is 2. The highest BCUT2D eigenvalue weighted by Gasteiger charge is 2.12. The Morgan fingerprint density at radius 2 is 1.88 bits per heavy atom. The molecule has 0 saturated carbocycles. The average molecular weight is 329 g/mol. The summed E-state index contributed by atoms with van der Waals surface area (Å²) in [7, 11) is 0. The van der Waals surface area contributed by atoms with Crippen LogP contribution in [-0.4, -0.2) is 18.4 Å². The van der Waals surface area contributed by atoms with Crippen LogP contribution >= 0.6 is 0 Å². The number of anilines is 2. The zero-order valence-corrected chi connectivity index (χ0v) is 13.4. The smallest absolute Gasteiger partial charge is 0.258 e. The summed E-state index contributed by atoms with van der Waals surface area (Å²) in [6.07, 6.45) is 0.939. The van der Waals surface area contributed by atoms with Crippen molar-refractivity contribution in [2.24, 2.45) is 5.73 Å². The van der Waals surface area contributed by atoms with Crippen LogP contribution in [0.5, 0.6) is 0 Å². The lowest BCUT2D eigenvalue weighted by Crippen LogP contribution is -2.18. The fourth-order valence-electron chi connectivity index (χ4n) is 2.27. The summed E-state index contributed by atoms with van der Waals surface area (Å²) in [5.41, 5.74) is 7.36. The first-order chi connectivity index (χ1) is 11.5. The van der Waals surface area contributed by atoms with Crippen molar-refractivity contribution in [1.82, 2.24) is 0 Å². The van der Waals surface area contributed by atoms with Gasteiger partial charge in [0, 0.05) is 24.3 Å². The molecule has 0 saturated heterocycles. The maximum Gasteiger partial charge on any atom is 0.258 e. The summed E-state index contributed by atoms with van der Waals surface area (Å²) in [6.45, 7) is 2.22. The Kier molecular flexibility index (Phi) is 6.03. The molecule has 0 aliphatic heterocycles. The number of carbonyl (C=O) groups excluding carboxylic acids is 2. The first-order valence-electron chi connectivity index (χ1n) is 7.74. The molecule has 0 fully saturated rings. The summed E-state index contributed by atoms with van der Waals surface area (Å²) < 4.78 is 13.7. The summed E-state index contributed by atoms with van der Waals surface area (Å²) in [5, 5.41) is 5.42. The number of benzene rings is 2. The summed E-state index contributed by atoms with van der Waals surface area (Å²) in [4.78, 5) is 23.9. The third-order valence-electron chi connectivity index (χ3n) is 3.51. The lowest BCUT2D eigenvalue weighted by Gasteiger charge is -2.13. The SMILES string of the molecule is CCc1ccc(NC(=O)c2ccccc2F)cc1NC(=O)CCN. The number of amides is 2. The normalized spacial score (nSPS) is 10.3. The van der Waals surface area contributed by atoms with Gasteiger partial charge in [-0.2, -0.15) is 0 Å². The number of hydrogen-bond acceptors (Lipinski definition) is 3. The van der Waals surface area contributed by atoms with Gasteiger partial charge in [-0.25, -0.2) is 4.39 Å². The van der Waals surface area contributed by atoms with Crippen LogP contribution in [-0.2, 0) is 11.2 Å². The van der Waals surface area contributed by atoms with Crippen molar-refractivity contribution in [3.05, 3.63) is 59.4 Å². The van der Waals surface area contributed by atoms with Gasteiger partial charge in [-0.1, -0.05) is 25.1 Å². The fourth-order valence-corrected chi connectivity index (χ4v) is 2.27. The molecule has 2 aromatic carbocycles. The zero-order valence-electron chi connectivity index (χ0n) is 13.4. The monoisotopic (exact) mass is 329 g/mol. The van der Waals surface area contributed by atoms with Crippen LogP contribution in [0.15, 0.2) is 42.5 Å². The van der Waals surface area contributed by atoms with Gasteiger partial charge in [0.2, 0.25) is 5.91 Å². The van der Waals surface area contributed by atoms with Gasteiger partial charge in [-0.3, -0.25) is 9.59 Å². The van der Waals surface area contributed by atoms with E-state index >= 15 is 0 Å². The van der Waals surface area contributed by atoms with Gasteiger partial charge in [-0.15, -0.1) is 0 Å². The molecule has 0 bridgehead atoms. The molecule has 2 aromatic rings. The first-order valence-corrected chi connectivity index (χ1v) is 7.74.